The average Bonchev–Trinajstić information content (AvgIpc) is 2.84. The monoisotopic (exact) mass is 376 g/mol. The van der Waals surface area contributed by atoms with Gasteiger partial charge < -0.3 is 14.9 Å². The van der Waals surface area contributed by atoms with Gasteiger partial charge in [0.1, 0.15) is 0 Å². The van der Waals surface area contributed by atoms with Crippen molar-refractivity contribution in [3.63, 3.8) is 0 Å². The molecule has 0 heterocycles. The minimum absolute atomic E-state index is 0. The fraction of sp³-hybridized carbons (Fsp3) is 0.333. The smallest absolute Gasteiger partial charge is 0.328 e. The molecule has 0 radical (unpaired) electrons. The highest BCUT2D eigenvalue weighted by Crippen LogP contribution is 2.35. The fourth-order valence-corrected chi connectivity index (χ4v) is 2.32. The number of carbonyl (C=O) groups is 2. The molecule has 0 fully saturated rings. The second-order valence-electron chi connectivity index (χ2n) is 4.80. The lowest BCUT2D eigenvalue weighted by molar-refractivity contribution is -0.134. The summed E-state index contributed by atoms with van der Waals surface area (Å²) in [7, 11) is 3.63. The van der Waals surface area contributed by atoms with Crippen LogP contribution >= 0.6 is 27.0 Å². The van der Waals surface area contributed by atoms with Crippen LogP contribution in [0.3, 0.4) is 0 Å². The van der Waals surface area contributed by atoms with Gasteiger partial charge in [-0.3, -0.25) is 5.84 Å². The van der Waals surface area contributed by atoms with Crippen LogP contribution in [-0.4, -0.2) is 47.4 Å². The molecule has 1 aromatic carbocycles. The summed E-state index contributed by atoms with van der Waals surface area (Å²) >= 11 is 0. The van der Waals surface area contributed by atoms with E-state index in [0.717, 1.165) is 6.42 Å². The highest BCUT2D eigenvalue weighted by molar-refractivity contribution is 7.59. The third-order valence-corrected chi connectivity index (χ3v) is 3.29. The van der Waals surface area contributed by atoms with Crippen LogP contribution in [0.5, 0.6) is 0 Å². The molecule has 0 saturated carbocycles. The SMILES string of the molecule is COC1c2ccccc2C[C@@H]1N(C)N.O=C(O)/C=C\C(=O)O.S.S. The summed E-state index contributed by atoms with van der Waals surface area (Å²) in [6, 6.07) is 8.63. The number of hydrazine groups is 1. The van der Waals surface area contributed by atoms with E-state index in [9.17, 15) is 9.59 Å². The van der Waals surface area contributed by atoms with Gasteiger partial charge in [0.2, 0.25) is 0 Å². The molecule has 1 aliphatic rings. The lowest BCUT2D eigenvalue weighted by Crippen LogP contribution is -2.40. The Morgan fingerprint density at radius 3 is 2.12 bits per heavy atom. The van der Waals surface area contributed by atoms with Crippen molar-refractivity contribution in [2.75, 3.05) is 14.2 Å². The van der Waals surface area contributed by atoms with Crippen molar-refractivity contribution < 1.29 is 24.5 Å². The van der Waals surface area contributed by atoms with E-state index in [-0.39, 0.29) is 39.1 Å². The lowest BCUT2D eigenvalue weighted by atomic mass is 10.1. The van der Waals surface area contributed by atoms with E-state index in [1.54, 1.807) is 12.1 Å². The number of nitrogens with zero attached hydrogens (tertiary/aromatic N) is 1. The van der Waals surface area contributed by atoms with Gasteiger partial charge in [-0.2, -0.15) is 27.0 Å². The standard InChI is InChI=1S/C11H16N2O.C4H4O4.2H2S/c1-13(12)10-7-8-5-3-4-6-9(8)11(10)14-2;5-3(6)1-2-4(7)8;;/h3-6,10-11H,7,12H2,1-2H3;1-2H,(H,5,6)(H,7,8);2*1H2/b;2-1-;;/t10-,11?;;;/m0.../s1. The zero-order chi connectivity index (χ0) is 16.7. The largest absolute Gasteiger partial charge is 0.478 e. The summed E-state index contributed by atoms with van der Waals surface area (Å²) in [5.74, 6) is 3.28. The first kappa shape index (κ1) is 24.7. The first-order valence-corrected chi connectivity index (χ1v) is 6.58. The number of benzene rings is 1. The second kappa shape index (κ2) is 11.9. The predicted octanol–water partition coefficient (Wildman–Crippen LogP) is 1.04. The second-order valence-corrected chi connectivity index (χ2v) is 4.80. The van der Waals surface area contributed by atoms with E-state index >= 15 is 0 Å². The lowest BCUT2D eigenvalue weighted by Gasteiger charge is -2.24. The number of hydrogen-bond donors (Lipinski definition) is 3. The molecule has 24 heavy (non-hydrogen) atoms. The van der Waals surface area contributed by atoms with Gasteiger partial charge >= 0.3 is 11.9 Å². The Hall–Kier alpha value is -1.52. The molecule has 0 bridgehead atoms. The van der Waals surface area contributed by atoms with E-state index in [4.69, 9.17) is 20.8 Å². The molecule has 0 amide bonds. The number of fused-ring (bicyclic) bond motifs is 1. The Kier molecular flexibility index (Phi) is 12.3. The van der Waals surface area contributed by atoms with Gasteiger partial charge in [0.25, 0.3) is 0 Å². The summed E-state index contributed by atoms with van der Waals surface area (Å²) in [6.07, 6.45) is 2.20. The van der Waals surface area contributed by atoms with Crippen molar-refractivity contribution in [2.24, 2.45) is 5.84 Å². The van der Waals surface area contributed by atoms with Crippen LogP contribution in [0.25, 0.3) is 0 Å². The summed E-state index contributed by atoms with van der Waals surface area (Å²) < 4.78 is 5.49. The van der Waals surface area contributed by atoms with Crippen LogP contribution in [-0.2, 0) is 20.7 Å². The maximum Gasteiger partial charge on any atom is 0.328 e. The van der Waals surface area contributed by atoms with Crippen LogP contribution in [0.1, 0.15) is 17.2 Å². The number of likely N-dealkylation sites (N-methyl/N-ethyl adjacent to an activating group) is 1. The number of methoxy groups -OCH3 is 1. The molecule has 1 unspecified atom stereocenters. The highest BCUT2D eigenvalue weighted by atomic mass is 32.1. The number of ether oxygens (including phenoxy) is 1. The van der Waals surface area contributed by atoms with Crippen molar-refractivity contribution in [1.29, 1.82) is 0 Å². The van der Waals surface area contributed by atoms with Gasteiger partial charge in [-0.25, -0.2) is 14.6 Å². The highest BCUT2D eigenvalue weighted by Gasteiger charge is 2.33. The third kappa shape index (κ3) is 7.37. The van der Waals surface area contributed by atoms with E-state index in [1.165, 1.54) is 11.1 Å². The molecule has 0 saturated heterocycles. The molecule has 4 N–H and O–H groups in total. The molecule has 0 spiro atoms. The van der Waals surface area contributed by atoms with Gasteiger partial charge in [-0.05, 0) is 17.5 Å². The molecule has 9 heteroatoms. The number of carboxylic acid groups (broad SMARTS) is 2. The first-order valence-electron chi connectivity index (χ1n) is 6.58. The minimum Gasteiger partial charge on any atom is -0.478 e. The summed E-state index contributed by atoms with van der Waals surface area (Å²) in [5.41, 5.74) is 2.62. The van der Waals surface area contributed by atoms with Gasteiger partial charge in [-0.1, -0.05) is 24.3 Å². The van der Waals surface area contributed by atoms with Crippen LogP contribution in [0.4, 0.5) is 0 Å². The third-order valence-electron chi connectivity index (χ3n) is 3.29. The van der Waals surface area contributed by atoms with Crippen LogP contribution in [0.2, 0.25) is 0 Å². The van der Waals surface area contributed by atoms with Gasteiger partial charge in [-0.15, -0.1) is 0 Å². The summed E-state index contributed by atoms with van der Waals surface area (Å²) in [4.78, 5) is 19.1. The molecule has 0 aromatic heterocycles. The molecule has 1 aliphatic carbocycles. The average molecular weight is 377 g/mol. The molecular weight excluding hydrogens is 352 g/mol. The van der Waals surface area contributed by atoms with Crippen molar-refractivity contribution in [2.45, 2.75) is 18.6 Å². The fourth-order valence-electron chi connectivity index (χ4n) is 2.32. The number of rotatable bonds is 4. The van der Waals surface area contributed by atoms with Crippen LogP contribution < -0.4 is 5.84 Å². The quantitative estimate of drug-likeness (QED) is 0.409. The van der Waals surface area contributed by atoms with Crippen LogP contribution in [0, 0.1) is 0 Å². The molecule has 136 valence electrons. The van der Waals surface area contributed by atoms with Gasteiger partial charge in [0.05, 0.1) is 12.1 Å². The Balaban J connectivity index is 0. The molecule has 0 aliphatic heterocycles. The summed E-state index contributed by atoms with van der Waals surface area (Å²) in [6.45, 7) is 0. The minimum atomic E-state index is -1.26. The molecule has 2 rings (SSSR count). The Bertz CT molecular complexity index is 551. The van der Waals surface area contributed by atoms with Crippen molar-refractivity contribution >= 4 is 38.9 Å². The van der Waals surface area contributed by atoms with Gasteiger partial charge in [0, 0.05) is 26.3 Å². The Labute approximate surface area is 155 Å². The predicted molar refractivity (Wildman–Crippen MR) is 101 cm³/mol. The van der Waals surface area contributed by atoms with E-state index in [0.29, 0.717) is 12.2 Å². The van der Waals surface area contributed by atoms with E-state index in [1.807, 2.05) is 13.1 Å². The maximum atomic E-state index is 9.55. The normalized spacial score (nSPS) is 18.0. The Morgan fingerprint density at radius 2 is 1.71 bits per heavy atom. The number of carboxylic acids is 2. The summed E-state index contributed by atoms with van der Waals surface area (Å²) in [5, 5.41) is 17.4. The van der Waals surface area contributed by atoms with Crippen molar-refractivity contribution in [3.8, 4) is 0 Å². The van der Waals surface area contributed by atoms with Crippen molar-refractivity contribution in [3.05, 3.63) is 47.5 Å². The molecule has 7 nitrogen and oxygen atoms in total. The maximum absolute atomic E-state index is 9.55. The van der Waals surface area contributed by atoms with E-state index in [2.05, 4.69) is 18.2 Å². The van der Waals surface area contributed by atoms with E-state index < -0.39 is 11.9 Å². The van der Waals surface area contributed by atoms with Crippen molar-refractivity contribution in [1.82, 2.24) is 5.01 Å². The number of hydrogen-bond acceptors (Lipinski definition) is 5. The molecular formula is C15H24N2O5S2. The zero-order valence-corrected chi connectivity index (χ0v) is 15.5. The topological polar surface area (TPSA) is 113 Å². The molecule has 1 aromatic rings. The number of aliphatic carboxylic acids is 2. The number of nitrogens with two attached hydrogens (primary N) is 1. The zero-order valence-electron chi connectivity index (χ0n) is 13.5. The first-order chi connectivity index (χ1) is 10.4. The van der Waals surface area contributed by atoms with Crippen LogP contribution in [0.15, 0.2) is 36.4 Å². The molecule has 2 atom stereocenters. The van der Waals surface area contributed by atoms with Gasteiger partial charge in [0.15, 0.2) is 0 Å². The Morgan fingerprint density at radius 1 is 1.21 bits per heavy atom.